The molecule has 0 saturated carbocycles. The van der Waals surface area contributed by atoms with Crippen molar-refractivity contribution in [3.63, 3.8) is 0 Å². The lowest BCUT2D eigenvalue weighted by atomic mass is 10.1. The molecule has 1 aliphatic rings. The molecule has 3 N–H and O–H groups in total. The van der Waals surface area contributed by atoms with Crippen molar-refractivity contribution < 1.29 is 19.2 Å². The van der Waals surface area contributed by atoms with E-state index < -0.39 is 6.04 Å². The highest BCUT2D eigenvalue weighted by molar-refractivity contribution is 5.99. The number of H-pyrrole nitrogens is 1. The molecule has 43 heavy (non-hydrogen) atoms. The maximum atomic E-state index is 12.8. The van der Waals surface area contributed by atoms with Gasteiger partial charge in [-0.2, -0.15) is 0 Å². The highest BCUT2D eigenvalue weighted by atomic mass is 16.2. The number of aromatic nitrogens is 1. The van der Waals surface area contributed by atoms with Crippen molar-refractivity contribution in [2.75, 3.05) is 30.3 Å². The number of carbonyl (C=O) groups is 4. The van der Waals surface area contributed by atoms with Crippen molar-refractivity contribution in [2.24, 2.45) is 0 Å². The number of hydrogen-bond donors (Lipinski definition) is 3. The molecule has 0 radical (unpaired) electrons. The normalized spacial score (nSPS) is 14.5. The summed E-state index contributed by atoms with van der Waals surface area (Å²) in [6, 6.07) is 24.3. The maximum Gasteiger partial charge on any atom is 0.247 e. The topological polar surface area (TPSA) is 115 Å². The van der Waals surface area contributed by atoms with E-state index >= 15 is 0 Å². The van der Waals surface area contributed by atoms with Crippen LogP contribution in [-0.4, -0.2) is 64.1 Å². The predicted octanol–water partition coefficient (Wildman–Crippen LogP) is 5.20. The van der Waals surface area contributed by atoms with Crippen LogP contribution in [0.5, 0.6) is 0 Å². The lowest BCUT2D eigenvalue weighted by molar-refractivity contribution is -0.134. The van der Waals surface area contributed by atoms with Crippen molar-refractivity contribution in [1.82, 2.24) is 14.8 Å². The van der Waals surface area contributed by atoms with Crippen LogP contribution in [-0.2, 0) is 25.6 Å². The minimum Gasteiger partial charge on any atom is -0.355 e. The zero-order valence-electron chi connectivity index (χ0n) is 24.6. The van der Waals surface area contributed by atoms with E-state index in [1.807, 2.05) is 85.8 Å². The lowest BCUT2D eigenvalue weighted by Crippen LogP contribution is -2.42. The number of anilines is 2. The highest BCUT2D eigenvalue weighted by Gasteiger charge is 2.32. The van der Waals surface area contributed by atoms with Gasteiger partial charge in [-0.25, -0.2) is 0 Å². The van der Waals surface area contributed by atoms with Crippen molar-refractivity contribution in [1.29, 1.82) is 0 Å². The molecule has 9 heteroatoms. The quantitative estimate of drug-likeness (QED) is 0.239. The Balaban J connectivity index is 1.20. The molecule has 1 atom stereocenters. The van der Waals surface area contributed by atoms with E-state index in [4.69, 9.17) is 0 Å². The Morgan fingerprint density at radius 1 is 0.930 bits per heavy atom. The van der Waals surface area contributed by atoms with Gasteiger partial charge in [0.2, 0.25) is 23.6 Å². The number of nitrogens with one attached hydrogen (secondary N) is 3. The average Bonchev–Trinajstić information content (AvgIpc) is 3.66. The summed E-state index contributed by atoms with van der Waals surface area (Å²) in [6.45, 7) is 4.61. The van der Waals surface area contributed by atoms with Crippen molar-refractivity contribution in [3.8, 4) is 11.3 Å². The number of carbonyl (C=O) groups excluding carboxylic acids is 4. The van der Waals surface area contributed by atoms with Crippen molar-refractivity contribution in [2.45, 2.75) is 45.6 Å². The summed E-state index contributed by atoms with van der Waals surface area (Å²) in [5, 5.41) is 6.81. The molecule has 4 amide bonds. The first kappa shape index (κ1) is 29.6. The molecule has 1 aromatic heterocycles. The van der Waals surface area contributed by atoms with Gasteiger partial charge in [0.15, 0.2) is 0 Å². The lowest BCUT2D eigenvalue weighted by Gasteiger charge is -2.22. The van der Waals surface area contributed by atoms with Crippen LogP contribution >= 0.6 is 0 Å². The minimum absolute atomic E-state index is 0.00429. The third-order valence-electron chi connectivity index (χ3n) is 7.71. The van der Waals surface area contributed by atoms with Gasteiger partial charge in [0, 0.05) is 48.0 Å². The van der Waals surface area contributed by atoms with E-state index in [1.165, 1.54) is 6.92 Å². The maximum absolute atomic E-state index is 12.8. The fourth-order valence-electron chi connectivity index (χ4n) is 5.56. The molecule has 0 bridgehead atoms. The zero-order valence-corrected chi connectivity index (χ0v) is 24.6. The minimum atomic E-state index is -0.432. The standard InChI is InChI=1S/C34H37N5O4/c1-3-17-38(33(42)19-24-8-5-4-6-9-24)22-32(41)35-27-13-11-25(12-14-27)30-21-26-20-28(15-16-29(26)37-30)36-34(43)31-10-7-18-39(31)23(2)40/h4-6,8-9,11-16,20-21,31,37H,3,7,10,17-19,22H2,1-2H3,(H,35,41)(H,36,43)/t31-/m0/s1. The Morgan fingerprint density at radius 2 is 1.67 bits per heavy atom. The molecule has 3 aromatic carbocycles. The number of amides is 4. The second kappa shape index (κ2) is 13.4. The van der Waals surface area contributed by atoms with Gasteiger partial charge in [0.1, 0.15) is 6.04 Å². The Bertz CT molecular complexity index is 1610. The Kier molecular flexibility index (Phi) is 9.20. The van der Waals surface area contributed by atoms with E-state index in [0.29, 0.717) is 30.9 Å². The van der Waals surface area contributed by atoms with E-state index in [1.54, 1.807) is 9.80 Å². The molecular weight excluding hydrogens is 542 g/mol. The highest BCUT2D eigenvalue weighted by Crippen LogP contribution is 2.28. The predicted molar refractivity (Wildman–Crippen MR) is 168 cm³/mol. The molecule has 9 nitrogen and oxygen atoms in total. The van der Waals surface area contributed by atoms with Crippen LogP contribution in [0.3, 0.4) is 0 Å². The van der Waals surface area contributed by atoms with Gasteiger partial charge in [-0.3, -0.25) is 19.2 Å². The molecule has 5 rings (SSSR count). The van der Waals surface area contributed by atoms with Crippen LogP contribution in [0.2, 0.25) is 0 Å². The largest absolute Gasteiger partial charge is 0.355 e. The number of likely N-dealkylation sites (tertiary alicyclic amines) is 1. The van der Waals surface area contributed by atoms with Gasteiger partial charge < -0.3 is 25.4 Å². The zero-order chi connectivity index (χ0) is 30.3. The molecule has 1 aliphatic heterocycles. The van der Waals surface area contributed by atoms with E-state index in [-0.39, 0.29) is 36.6 Å². The van der Waals surface area contributed by atoms with Crippen molar-refractivity contribution in [3.05, 3.63) is 84.4 Å². The number of benzene rings is 3. The first-order valence-corrected chi connectivity index (χ1v) is 14.7. The monoisotopic (exact) mass is 579 g/mol. The van der Waals surface area contributed by atoms with Crippen LogP contribution in [0, 0.1) is 0 Å². The Labute approximate surface area is 251 Å². The smallest absolute Gasteiger partial charge is 0.247 e. The number of rotatable bonds is 10. The molecule has 0 unspecified atom stereocenters. The fraction of sp³-hybridized carbons (Fsp3) is 0.294. The van der Waals surface area contributed by atoms with E-state index in [0.717, 1.165) is 40.6 Å². The molecule has 1 fully saturated rings. The summed E-state index contributed by atoms with van der Waals surface area (Å²) < 4.78 is 0. The number of fused-ring (bicyclic) bond motifs is 1. The second-order valence-corrected chi connectivity index (χ2v) is 10.9. The van der Waals surface area contributed by atoms with Gasteiger partial charge in [-0.15, -0.1) is 0 Å². The van der Waals surface area contributed by atoms with Gasteiger partial charge in [0.25, 0.3) is 0 Å². The number of hydrogen-bond acceptors (Lipinski definition) is 4. The second-order valence-electron chi connectivity index (χ2n) is 10.9. The first-order chi connectivity index (χ1) is 20.8. The summed E-state index contributed by atoms with van der Waals surface area (Å²) in [6.07, 6.45) is 2.52. The molecule has 0 aliphatic carbocycles. The van der Waals surface area contributed by atoms with E-state index in [2.05, 4.69) is 15.6 Å². The summed E-state index contributed by atoms with van der Waals surface area (Å²) in [7, 11) is 0. The average molecular weight is 580 g/mol. The third kappa shape index (κ3) is 7.30. The first-order valence-electron chi connectivity index (χ1n) is 14.7. The SMILES string of the molecule is CCCN(CC(=O)Nc1ccc(-c2cc3cc(NC(=O)[C@@H]4CCCN4C(C)=O)ccc3[nH]2)cc1)C(=O)Cc1ccccc1. The fourth-order valence-corrected chi connectivity index (χ4v) is 5.56. The van der Waals surface area contributed by atoms with Crippen LogP contribution in [0.15, 0.2) is 78.9 Å². The van der Waals surface area contributed by atoms with Crippen LogP contribution < -0.4 is 10.6 Å². The third-order valence-corrected chi connectivity index (χ3v) is 7.71. The van der Waals surface area contributed by atoms with Gasteiger partial charge in [0.05, 0.1) is 13.0 Å². The van der Waals surface area contributed by atoms with Gasteiger partial charge in [-0.05, 0) is 66.8 Å². The molecular formula is C34H37N5O4. The van der Waals surface area contributed by atoms with Crippen LogP contribution in [0.1, 0.15) is 38.7 Å². The number of aromatic amines is 1. The summed E-state index contributed by atoms with van der Waals surface area (Å²) in [5.74, 6) is -0.566. The van der Waals surface area contributed by atoms with Gasteiger partial charge >= 0.3 is 0 Å². The summed E-state index contributed by atoms with van der Waals surface area (Å²) in [5.41, 5.74) is 5.01. The number of nitrogens with zero attached hydrogens (tertiary/aromatic N) is 2. The molecule has 0 spiro atoms. The summed E-state index contributed by atoms with van der Waals surface area (Å²) in [4.78, 5) is 57.0. The molecule has 222 valence electrons. The van der Waals surface area contributed by atoms with Crippen LogP contribution in [0.4, 0.5) is 11.4 Å². The summed E-state index contributed by atoms with van der Waals surface area (Å²) >= 11 is 0. The molecule has 1 saturated heterocycles. The van der Waals surface area contributed by atoms with Gasteiger partial charge in [-0.1, -0.05) is 49.4 Å². The Morgan fingerprint density at radius 3 is 2.40 bits per heavy atom. The van der Waals surface area contributed by atoms with Crippen molar-refractivity contribution >= 4 is 45.9 Å². The Hall–Kier alpha value is -4.92. The van der Waals surface area contributed by atoms with Crippen LogP contribution in [0.25, 0.3) is 22.2 Å². The van der Waals surface area contributed by atoms with E-state index in [9.17, 15) is 19.2 Å². The molecule has 2 heterocycles. The molecule has 4 aromatic rings.